The van der Waals surface area contributed by atoms with E-state index in [4.69, 9.17) is 16.3 Å². The fourth-order valence-corrected chi connectivity index (χ4v) is 2.47. The summed E-state index contributed by atoms with van der Waals surface area (Å²) in [5.74, 6) is 0.716. The van der Waals surface area contributed by atoms with Gasteiger partial charge in [-0.2, -0.15) is 0 Å². The van der Waals surface area contributed by atoms with Gasteiger partial charge in [0.2, 0.25) is 0 Å². The molecule has 0 atom stereocenters. The molecule has 0 aromatic heterocycles. The van der Waals surface area contributed by atoms with Crippen molar-refractivity contribution in [3.8, 4) is 5.75 Å². The number of hydrogen-bond donors (Lipinski definition) is 2. The van der Waals surface area contributed by atoms with Crippen molar-refractivity contribution in [1.82, 2.24) is 5.32 Å². The van der Waals surface area contributed by atoms with Gasteiger partial charge in [-0.25, -0.2) is 4.79 Å². The highest BCUT2D eigenvalue weighted by Crippen LogP contribution is 2.23. The number of benzene rings is 2. The largest absolute Gasteiger partial charge is 0.492 e. The summed E-state index contributed by atoms with van der Waals surface area (Å²) in [5, 5.41) is 6.17. The van der Waals surface area contributed by atoms with Gasteiger partial charge in [0.25, 0.3) is 0 Å². The molecule has 4 nitrogen and oxygen atoms in total. The highest BCUT2D eigenvalue weighted by Gasteiger charge is 2.05. The Kier molecular flexibility index (Phi) is 6.10. The zero-order valence-corrected chi connectivity index (χ0v) is 14.4. The number of aryl methyl sites for hydroxylation is 1. The van der Waals surface area contributed by atoms with Crippen LogP contribution in [0.15, 0.2) is 46.9 Å². The lowest BCUT2D eigenvalue weighted by atomic mass is 10.2. The van der Waals surface area contributed by atoms with Gasteiger partial charge in [0.15, 0.2) is 0 Å². The van der Waals surface area contributed by atoms with Crippen LogP contribution >= 0.6 is 27.5 Å². The summed E-state index contributed by atoms with van der Waals surface area (Å²) >= 11 is 9.21. The van der Waals surface area contributed by atoms with Crippen LogP contribution < -0.4 is 15.4 Å². The molecule has 0 bridgehead atoms. The number of carbonyl (C=O) groups excluding carboxylic acids is 1. The van der Waals surface area contributed by atoms with Crippen molar-refractivity contribution in [2.45, 2.75) is 6.92 Å². The maximum Gasteiger partial charge on any atom is 0.319 e. The second-order valence-electron chi connectivity index (χ2n) is 4.67. The number of anilines is 1. The number of amides is 2. The molecule has 2 aromatic rings. The second kappa shape index (κ2) is 8.06. The molecule has 0 heterocycles. The molecule has 0 aliphatic rings. The first-order chi connectivity index (χ1) is 10.5. The monoisotopic (exact) mass is 382 g/mol. The van der Waals surface area contributed by atoms with Gasteiger partial charge < -0.3 is 15.4 Å². The Balaban J connectivity index is 1.72. The van der Waals surface area contributed by atoms with Gasteiger partial charge in [0.05, 0.1) is 12.2 Å². The first-order valence-corrected chi connectivity index (χ1v) is 7.91. The van der Waals surface area contributed by atoms with Crippen molar-refractivity contribution in [2.24, 2.45) is 0 Å². The maximum absolute atomic E-state index is 11.8. The lowest BCUT2D eigenvalue weighted by molar-refractivity contribution is 0.247. The minimum atomic E-state index is -0.274. The van der Waals surface area contributed by atoms with Gasteiger partial charge in [0, 0.05) is 9.50 Å². The number of halogens is 2. The fourth-order valence-electron chi connectivity index (χ4n) is 1.75. The highest BCUT2D eigenvalue weighted by atomic mass is 79.9. The topological polar surface area (TPSA) is 50.4 Å². The Bertz CT molecular complexity index is 647. The SMILES string of the molecule is Cc1ccc(NC(=O)NCCOc2ccc(Cl)cc2)c(Br)c1. The van der Waals surface area contributed by atoms with Crippen LogP contribution in [-0.2, 0) is 0 Å². The summed E-state index contributed by atoms with van der Waals surface area (Å²) in [4.78, 5) is 11.8. The van der Waals surface area contributed by atoms with E-state index in [1.165, 1.54) is 0 Å². The third kappa shape index (κ3) is 5.24. The summed E-state index contributed by atoms with van der Waals surface area (Å²) in [5.41, 5.74) is 1.84. The minimum Gasteiger partial charge on any atom is -0.492 e. The van der Waals surface area contributed by atoms with E-state index in [2.05, 4.69) is 26.6 Å². The zero-order chi connectivity index (χ0) is 15.9. The predicted molar refractivity (Wildman–Crippen MR) is 92.8 cm³/mol. The molecule has 0 aliphatic heterocycles. The minimum absolute atomic E-state index is 0.274. The average molecular weight is 384 g/mol. The molecule has 0 fully saturated rings. The Hall–Kier alpha value is -1.72. The summed E-state index contributed by atoms with van der Waals surface area (Å²) in [7, 11) is 0. The Morgan fingerprint density at radius 1 is 1.23 bits per heavy atom. The molecule has 2 aromatic carbocycles. The predicted octanol–water partition coefficient (Wildman–Crippen LogP) is 4.61. The summed E-state index contributed by atoms with van der Waals surface area (Å²) in [6, 6.07) is 12.5. The number of nitrogens with one attached hydrogen (secondary N) is 2. The smallest absolute Gasteiger partial charge is 0.319 e. The maximum atomic E-state index is 11.8. The molecule has 2 rings (SSSR count). The molecule has 0 radical (unpaired) electrons. The van der Waals surface area contributed by atoms with Gasteiger partial charge in [-0.3, -0.25) is 0 Å². The van der Waals surface area contributed by atoms with E-state index >= 15 is 0 Å². The van der Waals surface area contributed by atoms with Crippen molar-refractivity contribution in [3.63, 3.8) is 0 Å². The number of carbonyl (C=O) groups is 1. The Morgan fingerprint density at radius 3 is 2.64 bits per heavy atom. The summed E-state index contributed by atoms with van der Waals surface area (Å²) in [6.07, 6.45) is 0. The van der Waals surface area contributed by atoms with Gasteiger partial charge in [-0.1, -0.05) is 17.7 Å². The molecule has 2 amide bonds. The third-order valence-electron chi connectivity index (χ3n) is 2.84. The summed E-state index contributed by atoms with van der Waals surface area (Å²) < 4.78 is 6.34. The normalized spacial score (nSPS) is 10.1. The van der Waals surface area contributed by atoms with Gasteiger partial charge in [-0.15, -0.1) is 0 Å². The zero-order valence-electron chi connectivity index (χ0n) is 12.0. The molecular formula is C16H16BrClN2O2. The van der Waals surface area contributed by atoms with Gasteiger partial charge in [-0.05, 0) is 64.8 Å². The van der Waals surface area contributed by atoms with Crippen LogP contribution in [0.25, 0.3) is 0 Å². The lowest BCUT2D eigenvalue weighted by Gasteiger charge is -2.10. The number of hydrogen-bond acceptors (Lipinski definition) is 2. The van der Waals surface area contributed by atoms with E-state index < -0.39 is 0 Å². The molecule has 116 valence electrons. The molecule has 0 saturated carbocycles. The first kappa shape index (κ1) is 16.6. The van der Waals surface area contributed by atoms with E-state index in [1.54, 1.807) is 24.3 Å². The van der Waals surface area contributed by atoms with E-state index in [9.17, 15) is 4.79 Å². The van der Waals surface area contributed by atoms with E-state index in [0.717, 1.165) is 15.7 Å². The third-order valence-corrected chi connectivity index (χ3v) is 3.75. The molecule has 22 heavy (non-hydrogen) atoms. The Morgan fingerprint density at radius 2 is 1.95 bits per heavy atom. The summed E-state index contributed by atoms with van der Waals surface area (Å²) in [6.45, 7) is 2.77. The number of urea groups is 1. The van der Waals surface area contributed by atoms with Crippen LogP contribution in [0.5, 0.6) is 5.75 Å². The number of rotatable bonds is 5. The van der Waals surface area contributed by atoms with Crippen molar-refractivity contribution >= 4 is 39.2 Å². The first-order valence-electron chi connectivity index (χ1n) is 6.74. The van der Waals surface area contributed by atoms with Gasteiger partial charge >= 0.3 is 6.03 Å². The van der Waals surface area contributed by atoms with E-state index in [1.807, 2.05) is 25.1 Å². The molecule has 6 heteroatoms. The highest BCUT2D eigenvalue weighted by molar-refractivity contribution is 9.10. The average Bonchev–Trinajstić information content (AvgIpc) is 2.48. The molecule has 0 spiro atoms. The van der Waals surface area contributed by atoms with Crippen LogP contribution in [0.2, 0.25) is 5.02 Å². The molecule has 0 saturated heterocycles. The molecular weight excluding hydrogens is 368 g/mol. The molecule has 0 unspecified atom stereocenters. The fraction of sp³-hybridized carbons (Fsp3) is 0.188. The molecule has 2 N–H and O–H groups in total. The van der Waals surface area contributed by atoms with Crippen molar-refractivity contribution in [3.05, 3.63) is 57.5 Å². The van der Waals surface area contributed by atoms with E-state index in [-0.39, 0.29) is 6.03 Å². The van der Waals surface area contributed by atoms with Crippen LogP contribution in [0.3, 0.4) is 0 Å². The van der Waals surface area contributed by atoms with Crippen LogP contribution in [0, 0.1) is 6.92 Å². The second-order valence-corrected chi connectivity index (χ2v) is 5.96. The van der Waals surface area contributed by atoms with Crippen LogP contribution in [0.1, 0.15) is 5.56 Å². The standard InChI is InChI=1S/C16H16BrClN2O2/c1-11-2-7-15(14(17)10-11)20-16(21)19-8-9-22-13-5-3-12(18)4-6-13/h2-7,10H,8-9H2,1H3,(H2,19,20,21). The van der Waals surface area contributed by atoms with Crippen molar-refractivity contribution < 1.29 is 9.53 Å². The van der Waals surface area contributed by atoms with Crippen LogP contribution in [-0.4, -0.2) is 19.2 Å². The Labute approximate surface area is 142 Å². The lowest BCUT2D eigenvalue weighted by Crippen LogP contribution is -2.32. The molecule has 0 aliphatic carbocycles. The number of ether oxygens (including phenoxy) is 1. The van der Waals surface area contributed by atoms with Crippen molar-refractivity contribution in [2.75, 3.05) is 18.5 Å². The van der Waals surface area contributed by atoms with E-state index in [0.29, 0.717) is 23.9 Å². The van der Waals surface area contributed by atoms with Crippen molar-refractivity contribution in [1.29, 1.82) is 0 Å². The quantitative estimate of drug-likeness (QED) is 0.741. The van der Waals surface area contributed by atoms with Gasteiger partial charge in [0.1, 0.15) is 12.4 Å². The van der Waals surface area contributed by atoms with Crippen LogP contribution in [0.4, 0.5) is 10.5 Å².